The van der Waals surface area contributed by atoms with Gasteiger partial charge in [-0.15, -0.1) is 0 Å². The highest BCUT2D eigenvalue weighted by atomic mass is 16.5. The fourth-order valence-corrected chi connectivity index (χ4v) is 3.68. The molecule has 0 saturated heterocycles. The summed E-state index contributed by atoms with van der Waals surface area (Å²) in [5.41, 5.74) is 2.90. The standard InChI is InChI=1S/C27H28N8O4/c1-17(36)11-30-26(37)20-6-7-23(25(9-20)38-3)34-27-31-12-22(13-32-27)19-4-5-21(10-28)24(8-19)39-18(2)14-35-16-29-15-33-35/h4-9,12-13,15-18,36H,11,14H2,1-3H3,(H,30,37)(H,31,32,34)/t17-,18-/m0/s1. The van der Waals surface area contributed by atoms with Crippen molar-refractivity contribution in [1.82, 2.24) is 30.0 Å². The maximum absolute atomic E-state index is 12.3. The summed E-state index contributed by atoms with van der Waals surface area (Å²) >= 11 is 0. The SMILES string of the molecule is COc1cc(C(=O)NC[C@H](C)O)ccc1Nc1ncc(-c2ccc(C#N)c(O[C@@H](C)Cn3cncn3)c2)cn1. The first-order chi connectivity index (χ1) is 18.9. The second-order valence-electron chi connectivity index (χ2n) is 8.76. The minimum absolute atomic E-state index is 0.149. The zero-order valence-corrected chi connectivity index (χ0v) is 21.7. The molecule has 2 atom stereocenters. The van der Waals surface area contributed by atoms with Gasteiger partial charge in [0.25, 0.3) is 5.91 Å². The highest BCUT2D eigenvalue weighted by molar-refractivity contribution is 5.95. The van der Waals surface area contributed by atoms with Crippen LogP contribution in [0.25, 0.3) is 11.1 Å². The van der Waals surface area contributed by atoms with E-state index in [1.54, 1.807) is 60.7 Å². The number of methoxy groups -OCH3 is 1. The maximum atomic E-state index is 12.3. The number of hydrogen-bond acceptors (Lipinski definition) is 10. The molecule has 4 rings (SSSR count). The number of benzene rings is 2. The first-order valence-electron chi connectivity index (χ1n) is 12.1. The van der Waals surface area contributed by atoms with E-state index in [0.717, 1.165) is 11.1 Å². The predicted octanol–water partition coefficient (Wildman–Crippen LogP) is 2.94. The first kappa shape index (κ1) is 27.0. The van der Waals surface area contributed by atoms with Crippen LogP contribution < -0.4 is 20.1 Å². The Bertz CT molecular complexity index is 1450. The molecule has 2 aromatic carbocycles. The van der Waals surface area contributed by atoms with Crippen LogP contribution in [0.15, 0.2) is 61.4 Å². The molecule has 0 unspecified atom stereocenters. The van der Waals surface area contributed by atoms with E-state index in [2.05, 4.69) is 36.8 Å². The average Bonchev–Trinajstić information content (AvgIpc) is 3.45. The fraction of sp³-hybridized carbons (Fsp3) is 0.259. The van der Waals surface area contributed by atoms with Crippen molar-refractivity contribution in [2.24, 2.45) is 0 Å². The van der Waals surface area contributed by atoms with E-state index in [1.807, 2.05) is 13.0 Å². The van der Waals surface area contributed by atoms with Crippen molar-refractivity contribution >= 4 is 17.5 Å². The van der Waals surface area contributed by atoms with Crippen molar-refractivity contribution in [3.63, 3.8) is 0 Å². The minimum atomic E-state index is -0.644. The Morgan fingerprint density at radius 3 is 2.59 bits per heavy atom. The number of aliphatic hydroxyl groups is 1. The van der Waals surface area contributed by atoms with Gasteiger partial charge in [0.2, 0.25) is 5.95 Å². The third-order valence-corrected chi connectivity index (χ3v) is 5.59. The van der Waals surface area contributed by atoms with Crippen molar-refractivity contribution in [2.75, 3.05) is 19.0 Å². The first-order valence-corrected chi connectivity index (χ1v) is 12.1. The number of nitrogens with one attached hydrogen (secondary N) is 2. The molecule has 1 amide bonds. The number of nitriles is 1. The Hall–Kier alpha value is -5.02. The highest BCUT2D eigenvalue weighted by Crippen LogP contribution is 2.30. The summed E-state index contributed by atoms with van der Waals surface area (Å²) < 4.78 is 13.1. The van der Waals surface area contributed by atoms with Crippen molar-refractivity contribution in [1.29, 1.82) is 5.26 Å². The lowest BCUT2D eigenvalue weighted by Gasteiger charge is -2.16. The summed E-state index contributed by atoms with van der Waals surface area (Å²) in [6, 6.07) is 12.4. The number of hydrogen-bond donors (Lipinski definition) is 3. The van der Waals surface area contributed by atoms with Gasteiger partial charge < -0.3 is 25.2 Å². The van der Waals surface area contributed by atoms with E-state index in [1.165, 1.54) is 13.4 Å². The van der Waals surface area contributed by atoms with Crippen LogP contribution in [0.3, 0.4) is 0 Å². The maximum Gasteiger partial charge on any atom is 0.251 e. The third-order valence-electron chi connectivity index (χ3n) is 5.59. The van der Waals surface area contributed by atoms with Gasteiger partial charge in [0.1, 0.15) is 36.3 Å². The molecule has 0 radical (unpaired) electrons. The van der Waals surface area contributed by atoms with Gasteiger partial charge in [-0.05, 0) is 49.7 Å². The molecule has 2 heterocycles. The van der Waals surface area contributed by atoms with Gasteiger partial charge in [0, 0.05) is 30.1 Å². The van der Waals surface area contributed by atoms with Crippen LogP contribution in [0.2, 0.25) is 0 Å². The minimum Gasteiger partial charge on any atom is -0.495 e. The summed E-state index contributed by atoms with van der Waals surface area (Å²) in [7, 11) is 1.50. The molecule has 0 spiro atoms. The van der Waals surface area contributed by atoms with Gasteiger partial charge in [-0.1, -0.05) is 6.07 Å². The third kappa shape index (κ3) is 7.06. The number of amides is 1. The Labute approximate surface area is 225 Å². The number of aliphatic hydroxyl groups excluding tert-OH is 1. The lowest BCUT2D eigenvalue weighted by atomic mass is 10.1. The topological polar surface area (TPSA) is 160 Å². The Balaban J connectivity index is 1.47. The molecular weight excluding hydrogens is 500 g/mol. The van der Waals surface area contributed by atoms with Gasteiger partial charge in [-0.25, -0.2) is 19.6 Å². The van der Waals surface area contributed by atoms with Crippen LogP contribution in [0, 0.1) is 11.3 Å². The van der Waals surface area contributed by atoms with E-state index in [-0.39, 0.29) is 18.6 Å². The van der Waals surface area contributed by atoms with Gasteiger partial charge in [-0.3, -0.25) is 4.79 Å². The summed E-state index contributed by atoms with van der Waals surface area (Å²) in [4.78, 5) is 25.0. The smallest absolute Gasteiger partial charge is 0.251 e. The molecule has 0 aliphatic rings. The molecular formula is C27H28N8O4. The van der Waals surface area contributed by atoms with Crippen LogP contribution >= 0.6 is 0 Å². The number of ether oxygens (including phenoxy) is 2. The van der Waals surface area contributed by atoms with E-state index in [9.17, 15) is 15.2 Å². The van der Waals surface area contributed by atoms with E-state index >= 15 is 0 Å². The second-order valence-corrected chi connectivity index (χ2v) is 8.76. The normalized spacial score (nSPS) is 12.2. The molecule has 3 N–H and O–H groups in total. The Morgan fingerprint density at radius 1 is 1.13 bits per heavy atom. The quantitative estimate of drug-likeness (QED) is 0.264. The van der Waals surface area contributed by atoms with Crippen molar-refractivity contribution in [3.8, 4) is 28.7 Å². The van der Waals surface area contributed by atoms with Gasteiger partial charge in [0.05, 0.1) is 31.0 Å². The summed E-state index contributed by atoms with van der Waals surface area (Å²) in [5.74, 6) is 0.892. The van der Waals surface area contributed by atoms with E-state index < -0.39 is 6.10 Å². The van der Waals surface area contributed by atoms with Crippen LogP contribution in [0.5, 0.6) is 11.5 Å². The number of carbonyl (C=O) groups is 1. The number of aromatic nitrogens is 5. The summed E-state index contributed by atoms with van der Waals surface area (Å²) in [5, 5.41) is 28.7. The second kappa shape index (κ2) is 12.5. The molecule has 39 heavy (non-hydrogen) atoms. The molecule has 0 fully saturated rings. The lowest BCUT2D eigenvalue weighted by molar-refractivity contribution is 0.0923. The average molecular weight is 529 g/mol. The zero-order valence-electron chi connectivity index (χ0n) is 21.7. The van der Waals surface area contributed by atoms with Crippen LogP contribution in [0.1, 0.15) is 29.8 Å². The van der Waals surface area contributed by atoms with Crippen molar-refractivity contribution in [3.05, 3.63) is 72.6 Å². The van der Waals surface area contributed by atoms with Crippen LogP contribution in [-0.2, 0) is 6.54 Å². The van der Waals surface area contributed by atoms with Gasteiger partial charge in [0.15, 0.2) is 0 Å². The molecule has 12 heteroatoms. The fourth-order valence-electron chi connectivity index (χ4n) is 3.68. The molecule has 4 aromatic rings. The monoisotopic (exact) mass is 528 g/mol. The van der Waals surface area contributed by atoms with Gasteiger partial charge >= 0.3 is 0 Å². The molecule has 0 aliphatic carbocycles. The molecule has 2 aromatic heterocycles. The number of anilines is 2. The van der Waals surface area contributed by atoms with Crippen LogP contribution in [-0.4, -0.2) is 61.6 Å². The Kier molecular flexibility index (Phi) is 8.65. The molecule has 0 aliphatic heterocycles. The number of rotatable bonds is 11. The van der Waals surface area contributed by atoms with Gasteiger partial charge in [-0.2, -0.15) is 10.4 Å². The van der Waals surface area contributed by atoms with Crippen molar-refractivity contribution < 1.29 is 19.4 Å². The lowest BCUT2D eigenvalue weighted by Crippen LogP contribution is -2.30. The molecule has 0 bridgehead atoms. The molecule has 200 valence electrons. The largest absolute Gasteiger partial charge is 0.495 e. The Morgan fingerprint density at radius 2 is 1.92 bits per heavy atom. The highest BCUT2D eigenvalue weighted by Gasteiger charge is 2.14. The van der Waals surface area contributed by atoms with Crippen molar-refractivity contribution in [2.45, 2.75) is 32.6 Å². The zero-order chi connectivity index (χ0) is 27.8. The van der Waals surface area contributed by atoms with E-state index in [4.69, 9.17) is 9.47 Å². The summed E-state index contributed by atoms with van der Waals surface area (Å²) in [6.45, 7) is 4.11. The number of carbonyl (C=O) groups excluding carboxylic acids is 1. The predicted molar refractivity (Wildman–Crippen MR) is 143 cm³/mol. The molecule has 12 nitrogen and oxygen atoms in total. The summed E-state index contributed by atoms with van der Waals surface area (Å²) in [6.07, 6.45) is 5.48. The van der Waals surface area contributed by atoms with Crippen LogP contribution in [0.4, 0.5) is 11.6 Å². The van der Waals surface area contributed by atoms with E-state index in [0.29, 0.717) is 40.8 Å². The number of nitrogens with zero attached hydrogens (tertiary/aromatic N) is 6. The molecule has 0 saturated carbocycles.